The molecule has 2 aromatic carbocycles. The van der Waals surface area contributed by atoms with Crippen LogP contribution in [0.5, 0.6) is 0 Å². The second-order valence-electron chi connectivity index (χ2n) is 6.00. The van der Waals surface area contributed by atoms with Crippen LogP contribution in [-0.4, -0.2) is 29.9 Å². The van der Waals surface area contributed by atoms with Gasteiger partial charge in [-0.05, 0) is 18.1 Å². The number of ether oxygens (including phenoxy) is 1. The lowest BCUT2D eigenvalue weighted by molar-refractivity contribution is -0.0346. The van der Waals surface area contributed by atoms with Crippen LogP contribution in [0.25, 0.3) is 0 Å². The Hall–Kier alpha value is -2.69. The topological polar surface area (TPSA) is 46.6 Å². The molecule has 4 nitrogen and oxygen atoms in total. The zero-order valence-electron chi connectivity index (χ0n) is 13.4. The number of alkyl halides is 1. The number of likely N-dealkylation sites (tertiary alicyclic amines) is 1. The largest absolute Gasteiger partial charge is 0.445 e. The van der Waals surface area contributed by atoms with Crippen LogP contribution < -0.4 is 0 Å². The summed E-state index contributed by atoms with van der Waals surface area (Å²) in [6.07, 6.45) is -0.521. The maximum Gasteiger partial charge on any atom is 0.410 e. The van der Waals surface area contributed by atoms with Gasteiger partial charge in [-0.25, -0.2) is 9.18 Å². The summed E-state index contributed by atoms with van der Waals surface area (Å²) in [4.78, 5) is 24.5. The normalized spacial score (nSPS) is 15.5. The lowest BCUT2D eigenvalue weighted by atomic mass is 9.87. The summed E-state index contributed by atoms with van der Waals surface area (Å²) in [7, 11) is 0. The molecule has 0 radical (unpaired) electrons. The van der Waals surface area contributed by atoms with Crippen molar-refractivity contribution in [2.45, 2.75) is 19.2 Å². The summed E-state index contributed by atoms with van der Waals surface area (Å²) in [5.41, 5.74) is 0.319. The van der Waals surface area contributed by atoms with Crippen LogP contribution in [0.3, 0.4) is 0 Å². The first kappa shape index (κ1) is 16.2. The molecule has 1 fully saturated rings. The Morgan fingerprint density at radius 2 is 1.71 bits per heavy atom. The van der Waals surface area contributed by atoms with Gasteiger partial charge in [0.25, 0.3) is 0 Å². The quantitative estimate of drug-likeness (QED) is 0.804. The van der Waals surface area contributed by atoms with Gasteiger partial charge in [-0.2, -0.15) is 0 Å². The Labute approximate surface area is 139 Å². The molecule has 0 aromatic heterocycles. The van der Waals surface area contributed by atoms with E-state index in [9.17, 15) is 14.0 Å². The average Bonchev–Trinajstić information content (AvgIpc) is 2.58. The van der Waals surface area contributed by atoms with Gasteiger partial charge in [0.2, 0.25) is 0 Å². The van der Waals surface area contributed by atoms with E-state index in [0.717, 1.165) is 5.56 Å². The minimum atomic E-state index is -1.58. The Morgan fingerprint density at radius 1 is 1.08 bits per heavy atom. The maximum atomic E-state index is 14.8. The molecule has 1 heterocycles. The van der Waals surface area contributed by atoms with Gasteiger partial charge in [0, 0.05) is 5.56 Å². The minimum absolute atomic E-state index is 0.0416. The van der Waals surface area contributed by atoms with E-state index in [2.05, 4.69) is 0 Å². The average molecular weight is 327 g/mol. The van der Waals surface area contributed by atoms with Gasteiger partial charge in [0.05, 0.1) is 13.1 Å². The molecule has 0 saturated carbocycles. The first-order valence-corrected chi connectivity index (χ1v) is 7.74. The Morgan fingerprint density at radius 3 is 2.29 bits per heavy atom. The summed E-state index contributed by atoms with van der Waals surface area (Å²) >= 11 is 0. The van der Waals surface area contributed by atoms with Gasteiger partial charge in [-0.3, -0.25) is 4.79 Å². The van der Waals surface area contributed by atoms with Crippen LogP contribution in [0.4, 0.5) is 9.18 Å². The van der Waals surface area contributed by atoms with E-state index >= 15 is 0 Å². The summed E-state index contributed by atoms with van der Waals surface area (Å²) in [5.74, 6) is -0.0609. The van der Waals surface area contributed by atoms with Crippen molar-refractivity contribution in [3.05, 3.63) is 71.3 Å². The molecule has 0 spiro atoms. The fraction of sp³-hybridized carbons (Fsp3) is 0.263. The third-order valence-corrected chi connectivity index (χ3v) is 4.16. The Balaban J connectivity index is 1.55. The molecular weight excluding hydrogens is 309 g/mol. The number of carbonyl (C=O) groups excluding carboxylic acids is 2. The number of ketones is 1. The van der Waals surface area contributed by atoms with E-state index < -0.39 is 11.8 Å². The fourth-order valence-electron chi connectivity index (χ4n) is 2.68. The molecule has 0 bridgehead atoms. The van der Waals surface area contributed by atoms with Crippen molar-refractivity contribution in [1.29, 1.82) is 0 Å². The van der Waals surface area contributed by atoms with Gasteiger partial charge in [0.15, 0.2) is 11.5 Å². The van der Waals surface area contributed by atoms with Crippen LogP contribution >= 0.6 is 0 Å². The fourth-order valence-corrected chi connectivity index (χ4v) is 2.68. The van der Waals surface area contributed by atoms with E-state index in [4.69, 9.17) is 4.74 Å². The number of carbonyl (C=O) groups is 2. The summed E-state index contributed by atoms with van der Waals surface area (Å²) < 4.78 is 20.0. The Bertz CT molecular complexity index is 737. The smallest absolute Gasteiger partial charge is 0.410 e. The summed E-state index contributed by atoms with van der Waals surface area (Å²) in [6, 6.07) is 15.8. The van der Waals surface area contributed by atoms with Gasteiger partial charge in [0.1, 0.15) is 6.61 Å². The van der Waals surface area contributed by atoms with Crippen molar-refractivity contribution in [1.82, 2.24) is 4.90 Å². The van der Waals surface area contributed by atoms with E-state index in [0.29, 0.717) is 11.1 Å². The van der Waals surface area contributed by atoms with Crippen LogP contribution in [-0.2, 0) is 17.0 Å². The zero-order valence-corrected chi connectivity index (χ0v) is 13.4. The standard InChI is InChI=1S/C19H18FNO3/c1-14(22)16-7-9-17(10-8-16)19(20)12-21(13-19)18(23)24-11-15-5-3-2-4-6-15/h2-10H,11-13H2,1H3. The second-order valence-corrected chi connectivity index (χ2v) is 6.00. The van der Waals surface area contributed by atoms with E-state index in [1.807, 2.05) is 30.3 Å². The van der Waals surface area contributed by atoms with Crippen molar-refractivity contribution in [2.75, 3.05) is 13.1 Å². The van der Waals surface area contributed by atoms with Crippen LogP contribution in [0, 0.1) is 0 Å². The molecule has 0 aliphatic carbocycles. The van der Waals surface area contributed by atoms with Crippen molar-refractivity contribution >= 4 is 11.9 Å². The molecule has 1 aliphatic heterocycles. The molecule has 1 aliphatic rings. The highest BCUT2D eigenvalue weighted by atomic mass is 19.1. The van der Waals surface area contributed by atoms with Crippen molar-refractivity contribution < 1.29 is 18.7 Å². The lowest BCUT2D eigenvalue weighted by Crippen LogP contribution is -2.58. The van der Waals surface area contributed by atoms with E-state index in [-0.39, 0.29) is 25.5 Å². The number of hydrogen-bond donors (Lipinski definition) is 0. The molecule has 124 valence electrons. The molecule has 5 heteroatoms. The summed E-state index contributed by atoms with van der Waals surface area (Å²) in [5, 5.41) is 0. The highest BCUT2D eigenvalue weighted by molar-refractivity contribution is 5.94. The zero-order chi connectivity index (χ0) is 17.2. The molecule has 0 N–H and O–H groups in total. The van der Waals surface area contributed by atoms with Crippen LogP contribution in [0.15, 0.2) is 54.6 Å². The maximum absolute atomic E-state index is 14.8. The second kappa shape index (κ2) is 6.43. The van der Waals surface area contributed by atoms with Crippen molar-refractivity contribution in [3.8, 4) is 0 Å². The highest BCUT2D eigenvalue weighted by Crippen LogP contribution is 2.36. The highest BCUT2D eigenvalue weighted by Gasteiger charge is 2.47. The molecule has 24 heavy (non-hydrogen) atoms. The minimum Gasteiger partial charge on any atom is -0.445 e. The third-order valence-electron chi connectivity index (χ3n) is 4.16. The predicted octanol–water partition coefficient (Wildman–Crippen LogP) is 3.71. The number of rotatable bonds is 4. The molecular formula is C19H18FNO3. The molecule has 2 aromatic rings. The molecule has 3 rings (SSSR count). The first-order chi connectivity index (χ1) is 11.5. The van der Waals surface area contributed by atoms with Crippen molar-refractivity contribution in [2.24, 2.45) is 0 Å². The van der Waals surface area contributed by atoms with Gasteiger partial charge < -0.3 is 9.64 Å². The number of nitrogens with zero attached hydrogens (tertiary/aromatic N) is 1. The van der Waals surface area contributed by atoms with Gasteiger partial charge in [-0.1, -0.05) is 54.6 Å². The molecule has 1 amide bonds. The number of benzene rings is 2. The monoisotopic (exact) mass is 327 g/mol. The van der Waals surface area contributed by atoms with Gasteiger partial charge in [-0.15, -0.1) is 0 Å². The summed E-state index contributed by atoms with van der Waals surface area (Å²) in [6.45, 7) is 1.55. The first-order valence-electron chi connectivity index (χ1n) is 7.74. The molecule has 0 unspecified atom stereocenters. The number of Topliss-reactive ketones (excluding diaryl/α,β-unsaturated/α-hetero) is 1. The van der Waals surface area contributed by atoms with Crippen molar-refractivity contribution in [3.63, 3.8) is 0 Å². The predicted molar refractivity (Wildman–Crippen MR) is 87.4 cm³/mol. The van der Waals surface area contributed by atoms with E-state index in [1.165, 1.54) is 11.8 Å². The van der Waals surface area contributed by atoms with Gasteiger partial charge >= 0.3 is 6.09 Å². The number of amides is 1. The van der Waals surface area contributed by atoms with Crippen LogP contribution in [0.2, 0.25) is 0 Å². The van der Waals surface area contributed by atoms with Crippen LogP contribution in [0.1, 0.15) is 28.4 Å². The Kier molecular flexibility index (Phi) is 4.34. The van der Waals surface area contributed by atoms with E-state index in [1.54, 1.807) is 24.3 Å². The number of halogens is 1. The molecule has 0 atom stereocenters. The lowest BCUT2D eigenvalue weighted by Gasteiger charge is -2.43. The SMILES string of the molecule is CC(=O)c1ccc(C2(F)CN(C(=O)OCc3ccccc3)C2)cc1. The third kappa shape index (κ3) is 3.30. The number of hydrogen-bond acceptors (Lipinski definition) is 3. The molecule has 1 saturated heterocycles.